The molecular weight excluding hydrogens is 296 g/mol. The van der Waals surface area contributed by atoms with Gasteiger partial charge in [0, 0.05) is 6.54 Å². The van der Waals surface area contributed by atoms with Gasteiger partial charge in [-0.25, -0.2) is 4.79 Å². The van der Waals surface area contributed by atoms with E-state index in [2.05, 4.69) is 0 Å². The van der Waals surface area contributed by atoms with Gasteiger partial charge in [-0.15, -0.1) is 0 Å². The van der Waals surface area contributed by atoms with Crippen molar-refractivity contribution in [2.24, 2.45) is 5.41 Å². The number of piperazine rings is 1. The minimum absolute atomic E-state index is 0.204. The van der Waals surface area contributed by atoms with Gasteiger partial charge in [-0.1, -0.05) is 20.8 Å². The van der Waals surface area contributed by atoms with E-state index in [-0.39, 0.29) is 24.0 Å². The Kier molecular flexibility index (Phi) is 3.27. The van der Waals surface area contributed by atoms with Gasteiger partial charge in [-0.2, -0.15) is 12.7 Å². The fourth-order valence-electron chi connectivity index (χ4n) is 3.89. The Hall–Kier alpha value is -0.860. The maximum atomic E-state index is 12.4. The van der Waals surface area contributed by atoms with Crippen molar-refractivity contribution in [3.8, 4) is 0 Å². The fraction of sp³-hybridized carbons (Fsp3) is 0.923. The number of amides is 1. The van der Waals surface area contributed by atoms with Crippen LogP contribution in [0.3, 0.4) is 0 Å². The van der Waals surface area contributed by atoms with Crippen LogP contribution in [0.2, 0.25) is 0 Å². The lowest BCUT2D eigenvalue weighted by Gasteiger charge is -2.51. The molecule has 120 valence electrons. The molecule has 2 heterocycles. The van der Waals surface area contributed by atoms with Crippen LogP contribution in [0.5, 0.6) is 0 Å². The minimum Gasteiger partial charge on any atom is -0.465 e. The summed E-state index contributed by atoms with van der Waals surface area (Å²) in [4.78, 5) is 13.0. The van der Waals surface area contributed by atoms with Crippen molar-refractivity contribution < 1.29 is 22.5 Å². The average Bonchev–Trinajstić information content (AvgIpc) is 2.61. The average molecular weight is 318 g/mol. The highest BCUT2D eigenvalue weighted by Crippen LogP contribution is 2.45. The summed E-state index contributed by atoms with van der Waals surface area (Å²) in [6.45, 7) is 6.01. The number of rotatable bonds is 0. The fourth-order valence-corrected chi connectivity index (χ4v) is 5.78. The summed E-state index contributed by atoms with van der Waals surface area (Å²) in [7, 11) is -3.77. The Morgan fingerprint density at radius 1 is 1.29 bits per heavy atom. The van der Waals surface area contributed by atoms with Gasteiger partial charge in [0.15, 0.2) is 0 Å². The first-order valence-corrected chi connectivity index (χ1v) is 8.71. The van der Waals surface area contributed by atoms with Crippen LogP contribution in [0.4, 0.5) is 4.79 Å². The summed E-state index contributed by atoms with van der Waals surface area (Å²) in [5.41, 5.74) is -0.360. The first-order chi connectivity index (χ1) is 9.63. The maximum Gasteiger partial charge on any atom is 0.407 e. The molecule has 4 unspecified atom stereocenters. The molecule has 1 N–H and O–H groups in total. The molecule has 21 heavy (non-hydrogen) atoms. The molecule has 1 amide bonds. The third kappa shape index (κ3) is 2.24. The Morgan fingerprint density at radius 2 is 1.95 bits per heavy atom. The standard InChI is InChI=1S/C13H22N2O5S/c1-13(2,3)10-7-14(12(16)17)8-5-4-6-9-11(8)15(10)21(18,19)20-9/h8-11H,4-7H2,1-3H3,(H,16,17). The molecule has 0 aromatic carbocycles. The second-order valence-corrected chi connectivity index (χ2v) is 8.70. The van der Waals surface area contributed by atoms with Gasteiger partial charge in [0.1, 0.15) is 0 Å². The predicted octanol–water partition coefficient (Wildman–Crippen LogP) is 1.26. The first kappa shape index (κ1) is 15.1. The zero-order valence-electron chi connectivity index (χ0n) is 12.5. The zero-order chi connectivity index (χ0) is 15.6. The molecule has 0 bridgehead atoms. The quantitative estimate of drug-likeness (QED) is 0.726. The van der Waals surface area contributed by atoms with E-state index in [1.807, 2.05) is 20.8 Å². The summed E-state index contributed by atoms with van der Waals surface area (Å²) in [6, 6.07) is -1.07. The molecule has 1 aliphatic carbocycles. The Bertz CT molecular complexity index is 555. The van der Waals surface area contributed by atoms with E-state index in [1.165, 1.54) is 9.21 Å². The molecule has 2 saturated heterocycles. The zero-order valence-corrected chi connectivity index (χ0v) is 13.3. The van der Waals surface area contributed by atoms with Gasteiger partial charge in [-0.3, -0.25) is 4.18 Å². The molecule has 8 heteroatoms. The van der Waals surface area contributed by atoms with E-state index in [4.69, 9.17) is 4.18 Å². The van der Waals surface area contributed by atoms with E-state index in [0.29, 0.717) is 12.8 Å². The van der Waals surface area contributed by atoms with Gasteiger partial charge in [0.25, 0.3) is 0 Å². The third-order valence-corrected chi connectivity index (χ3v) is 6.39. The smallest absolute Gasteiger partial charge is 0.407 e. The summed E-state index contributed by atoms with van der Waals surface area (Å²) in [6.07, 6.45) is 0.764. The van der Waals surface area contributed by atoms with E-state index >= 15 is 0 Å². The van der Waals surface area contributed by atoms with Crippen molar-refractivity contribution in [2.75, 3.05) is 6.54 Å². The molecule has 0 spiro atoms. The molecule has 0 aromatic heterocycles. The van der Waals surface area contributed by atoms with Crippen molar-refractivity contribution in [1.29, 1.82) is 0 Å². The Labute approximate surface area is 125 Å². The predicted molar refractivity (Wildman–Crippen MR) is 75.0 cm³/mol. The summed E-state index contributed by atoms with van der Waals surface area (Å²) < 4.78 is 31.6. The van der Waals surface area contributed by atoms with Crippen molar-refractivity contribution in [3.63, 3.8) is 0 Å². The SMILES string of the molecule is CC(C)(C)C1CN(C(=O)O)C2CCCC3OS(=O)(=O)N1C32. The van der Waals surface area contributed by atoms with Crippen molar-refractivity contribution in [3.05, 3.63) is 0 Å². The van der Waals surface area contributed by atoms with Crippen LogP contribution < -0.4 is 0 Å². The summed E-state index contributed by atoms with van der Waals surface area (Å²) in [5, 5.41) is 9.50. The third-order valence-electron chi connectivity index (χ3n) is 4.88. The second kappa shape index (κ2) is 4.57. The van der Waals surface area contributed by atoms with Gasteiger partial charge < -0.3 is 10.0 Å². The van der Waals surface area contributed by atoms with Gasteiger partial charge in [0.2, 0.25) is 0 Å². The number of carboxylic acid groups (broad SMARTS) is 1. The molecule has 2 aliphatic heterocycles. The molecule has 3 fully saturated rings. The molecule has 3 aliphatic rings. The minimum atomic E-state index is -3.77. The number of hydrogen-bond acceptors (Lipinski definition) is 4. The van der Waals surface area contributed by atoms with E-state index in [0.717, 1.165) is 6.42 Å². The van der Waals surface area contributed by atoms with Crippen LogP contribution in [-0.2, 0) is 14.5 Å². The number of nitrogens with zero attached hydrogens (tertiary/aromatic N) is 2. The topological polar surface area (TPSA) is 87.1 Å². The van der Waals surface area contributed by atoms with Crippen LogP contribution in [-0.4, -0.2) is 59.6 Å². The molecule has 0 aromatic rings. The molecule has 7 nitrogen and oxygen atoms in total. The highest BCUT2D eigenvalue weighted by atomic mass is 32.2. The monoisotopic (exact) mass is 318 g/mol. The van der Waals surface area contributed by atoms with E-state index < -0.39 is 28.5 Å². The van der Waals surface area contributed by atoms with Crippen LogP contribution in [0.15, 0.2) is 0 Å². The summed E-state index contributed by atoms with van der Waals surface area (Å²) >= 11 is 0. The van der Waals surface area contributed by atoms with Gasteiger partial charge in [-0.05, 0) is 24.7 Å². The maximum absolute atomic E-state index is 12.4. The highest BCUT2D eigenvalue weighted by Gasteiger charge is 2.60. The van der Waals surface area contributed by atoms with Crippen LogP contribution in [0.25, 0.3) is 0 Å². The van der Waals surface area contributed by atoms with Crippen molar-refractivity contribution >= 4 is 16.4 Å². The lowest BCUT2D eigenvalue weighted by Crippen LogP contribution is -2.68. The molecule has 4 atom stereocenters. The highest BCUT2D eigenvalue weighted by molar-refractivity contribution is 7.84. The molecule has 3 rings (SSSR count). The van der Waals surface area contributed by atoms with E-state index in [1.54, 1.807) is 0 Å². The lowest BCUT2D eigenvalue weighted by molar-refractivity contribution is -0.0294. The van der Waals surface area contributed by atoms with Crippen LogP contribution in [0, 0.1) is 5.41 Å². The Morgan fingerprint density at radius 3 is 2.52 bits per heavy atom. The van der Waals surface area contributed by atoms with E-state index in [9.17, 15) is 18.3 Å². The number of hydrogen-bond donors (Lipinski definition) is 1. The van der Waals surface area contributed by atoms with Crippen LogP contribution in [0.1, 0.15) is 40.0 Å². The molecule has 1 saturated carbocycles. The van der Waals surface area contributed by atoms with Crippen molar-refractivity contribution in [1.82, 2.24) is 9.21 Å². The molecular formula is C13H22N2O5S. The second-order valence-electron chi connectivity index (χ2n) is 7.23. The van der Waals surface area contributed by atoms with Crippen molar-refractivity contribution in [2.45, 2.75) is 64.3 Å². The van der Waals surface area contributed by atoms with Gasteiger partial charge in [0.05, 0.1) is 24.2 Å². The van der Waals surface area contributed by atoms with Crippen LogP contribution >= 0.6 is 0 Å². The summed E-state index contributed by atoms with van der Waals surface area (Å²) in [5.74, 6) is 0. The number of carbonyl (C=O) groups is 1. The largest absolute Gasteiger partial charge is 0.465 e. The first-order valence-electron chi connectivity index (χ1n) is 7.34. The Balaban J connectivity index is 2.08. The normalized spacial score (nSPS) is 39.1. The molecule has 0 radical (unpaired) electrons. The lowest BCUT2D eigenvalue weighted by atomic mass is 9.78. The van der Waals surface area contributed by atoms with Gasteiger partial charge >= 0.3 is 16.4 Å².